The third kappa shape index (κ3) is 4.21. The molecule has 1 fully saturated rings. The fourth-order valence-corrected chi connectivity index (χ4v) is 1.99. The standard InChI is InChI=1S/C10H13F3N4O3.ClH/c11-8(12)9(13)20-10-7(17(18)19)5-16(15-10)6-1-3-14-4-2-6;/h5-6,8-9,14H,1-4H2;1H. The predicted molar refractivity (Wildman–Crippen MR) is 68.8 cm³/mol. The highest BCUT2D eigenvalue weighted by Gasteiger charge is 2.30. The summed E-state index contributed by atoms with van der Waals surface area (Å²) in [6, 6.07) is -0.100. The lowest BCUT2D eigenvalue weighted by atomic mass is 10.1. The summed E-state index contributed by atoms with van der Waals surface area (Å²) >= 11 is 0. The van der Waals surface area contributed by atoms with Gasteiger partial charge in [0, 0.05) is 0 Å². The Kier molecular flexibility index (Phi) is 6.21. The molecule has 2 heterocycles. The molecular weight excluding hydrogens is 317 g/mol. The molecule has 120 valence electrons. The van der Waals surface area contributed by atoms with Gasteiger partial charge in [0.1, 0.15) is 6.20 Å². The molecule has 1 aromatic heterocycles. The van der Waals surface area contributed by atoms with Crippen LogP contribution in [0.5, 0.6) is 5.88 Å². The van der Waals surface area contributed by atoms with Crippen molar-refractivity contribution < 1.29 is 22.8 Å². The van der Waals surface area contributed by atoms with Crippen molar-refractivity contribution in [2.75, 3.05) is 13.1 Å². The molecule has 11 heteroatoms. The van der Waals surface area contributed by atoms with Gasteiger partial charge < -0.3 is 10.1 Å². The Bertz CT molecular complexity index is 482. The molecule has 21 heavy (non-hydrogen) atoms. The number of rotatable bonds is 5. The molecule has 1 N–H and O–H groups in total. The van der Waals surface area contributed by atoms with E-state index in [0.29, 0.717) is 12.8 Å². The maximum atomic E-state index is 12.9. The van der Waals surface area contributed by atoms with Gasteiger partial charge in [0.15, 0.2) is 0 Å². The van der Waals surface area contributed by atoms with E-state index in [4.69, 9.17) is 0 Å². The topological polar surface area (TPSA) is 82.2 Å². The van der Waals surface area contributed by atoms with Gasteiger partial charge in [-0.1, -0.05) is 0 Å². The summed E-state index contributed by atoms with van der Waals surface area (Å²) < 4.78 is 42.6. The van der Waals surface area contributed by atoms with Crippen molar-refractivity contribution in [1.29, 1.82) is 0 Å². The maximum Gasteiger partial charge on any atom is 0.350 e. The Balaban J connectivity index is 0.00000220. The van der Waals surface area contributed by atoms with E-state index in [1.165, 1.54) is 4.68 Å². The third-order valence-corrected chi connectivity index (χ3v) is 2.98. The molecule has 1 aliphatic rings. The summed E-state index contributed by atoms with van der Waals surface area (Å²) in [6.45, 7) is 1.44. The average Bonchev–Trinajstić information content (AvgIpc) is 2.83. The van der Waals surface area contributed by atoms with Crippen LogP contribution in [0.2, 0.25) is 0 Å². The van der Waals surface area contributed by atoms with Crippen LogP contribution in [-0.2, 0) is 0 Å². The van der Waals surface area contributed by atoms with Crippen molar-refractivity contribution in [2.24, 2.45) is 0 Å². The minimum Gasteiger partial charge on any atom is -0.431 e. The first-order chi connectivity index (χ1) is 9.49. The van der Waals surface area contributed by atoms with Gasteiger partial charge in [0.05, 0.1) is 11.0 Å². The van der Waals surface area contributed by atoms with Crippen molar-refractivity contribution >= 4 is 18.1 Å². The average molecular weight is 331 g/mol. The summed E-state index contributed by atoms with van der Waals surface area (Å²) in [7, 11) is 0. The summed E-state index contributed by atoms with van der Waals surface area (Å²) in [5.74, 6) is -0.721. The molecule has 0 aromatic carbocycles. The van der Waals surface area contributed by atoms with Crippen LogP contribution in [-0.4, -0.2) is 40.6 Å². The number of hydrogen-bond donors (Lipinski definition) is 1. The first-order valence-corrected chi connectivity index (χ1v) is 6.02. The van der Waals surface area contributed by atoms with E-state index in [0.717, 1.165) is 19.3 Å². The van der Waals surface area contributed by atoms with Gasteiger partial charge in [-0.3, -0.25) is 14.8 Å². The molecule has 1 atom stereocenters. The third-order valence-electron chi connectivity index (χ3n) is 2.98. The second kappa shape index (κ2) is 7.46. The SMILES string of the molecule is Cl.O=[N+]([O-])c1cn(C2CCNCC2)nc1OC(F)C(F)F. The second-order valence-electron chi connectivity index (χ2n) is 4.34. The quantitative estimate of drug-likeness (QED) is 0.660. The minimum absolute atomic E-state index is 0. The molecule has 0 amide bonds. The van der Waals surface area contributed by atoms with Gasteiger partial charge in [-0.05, 0) is 25.9 Å². The zero-order valence-corrected chi connectivity index (χ0v) is 11.6. The number of hydrogen-bond acceptors (Lipinski definition) is 5. The van der Waals surface area contributed by atoms with Crippen molar-refractivity contribution in [2.45, 2.75) is 31.7 Å². The molecule has 1 aromatic rings. The van der Waals surface area contributed by atoms with E-state index >= 15 is 0 Å². The number of nitrogens with one attached hydrogen (secondary N) is 1. The zero-order chi connectivity index (χ0) is 14.7. The van der Waals surface area contributed by atoms with Gasteiger partial charge >= 0.3 is 18.0 Å². The molecule has 1 saturated heterocycles. The Labute approximate surface area is 124 Å². The van der Waals surface area contributed by atoms with Gasteiger partial charge in [0.25, 0.3) is 6.36 Å². The Morgan fingerprint density at radius 2 is 2.05 bits per heavy atom. The predicted octanol–water partition coefficient (Wildman–Crippen LogP) is 2.08. The van der Waals surface area contributed by atoms with Gasteiger partial charge in [-0.2, -0.15) is 4.39 Å². The minimum atomic E-state index is -3.39. The van der Waals surface area contributed by atoms with Gasteiger partial charge in [0.2, 0.25) is 0 Å². The molecular formula is C10H14ClF3N4O3. The van der Waals surface area contributed by atoms with Crippen LogP contribution in [0.1, 0.15) is 18.9 Å². The summed E-state index contributed by atoms with van der Waals surface area (Å²) in [4.78, 5) is 9.98. The van der Waals surface area contributed by atoms with Crippen molar-refractivity contribution in [3.63, 3.8) is 0 Å². The van der Waals surface area contributed by atoms with E-state index in [9.17, 15) is 23.3 Å². The fraction of sp³-hybridized carbons (Fsp3) is 0.700. The number of ether oxygens (including phenoxy) is 1. The van der Waals surface area contributed by atoms with Crippen LogP contribution < -0.4 is 10.1 Å². The lowest BCUT2D eigenvalue weighted by Gasteiger charge is -2.22. The van der Waals surface area contributed by atoms with Crippen molar-refractivity contribution in [3.8, 4) is 5.88 Å². The van der Waals surface area contributed by atoms with Crippen LogP contribution in [0.3, 0.4) is 0 Å². The molecule has 0 radical (unpaired) electrons. The molecule has 1 aliphatic heterocycles. The van der Waals surface area contributed by atoms with E-state index in [-0.39, 0.29) is 18.4 Å². The number of alkyl halides is 3. The molecule has 7 nitrogen and oxygen atoms in total. The molecule has 0 bridgehead atoms. The van der Waals surface area contributed by atoms with Gasteiger partial charge in [-0.15, -0.1) is 17.5 Å². The number of piperidine rings is 1. The van der Waals surface area contributed by atoms with E-state index < -0.39 is 29.3 Å². The smallest absolute Gasteiger partial charge is 0.350 e. The molecule has 2 rings (SSSR count). The van der Waals surface area contributed by atoms with Crippen LogP contribution in [0, 0.1) is 10.1 Å². The Hall–Kier alpha value is -1.55. The van der Waals surface area contributed by atoms with Crippen molar-refractivity contribution in [1.82, 2.24) is 15.1 Å². The Morgan fingerprint density at radius 1 is 1.43 bits per heavy atom. The number of nitro groups is 1. The van der Waals surface area contributed by atoms with Crippen LogP contribution >= 0.6 is 12.4 Å². The molecule has 0 spiro atoms. The Morgan fingerprint density at radius 3 is 2.57 bits per heavy atom. The monoisotopic (exact) mass is 330 g/mol. The van der Waals surface area contributed by atoms with Crippen LogP contribution in [0.4, 0.5) is 18.9 Å². The largest absolute Gasteiger partial charge is 0.431 e. The lowest BCUT2D eigenvalue weighted by Crippen LogP contribution is -2.29. The zero-order valence-electron chi connectivity index (χ0n) is 10.7. The summed E-state index contributed by atoms with van der Waals surface area (Å²) in [5.41, 5.74) is -0.619. The highest BCUT2D eigenvalue weighted by molar-refractivity contribution is 5.85. The fourth-order valence-electron chi connectivity index (χ4n) is 1.99. The maximum absolute atomic E-state index is 12.9. The normalized spacial score (nSPS) is 17.3. The van der Waals surface area contributed by atoms with Crippen molar-refractivity contribution in [3.05, 3.63) is 16.3 Å². The highest BCUT2D eigenvalue weighted by atomic mass is 35.5. The molecule has 1 unspecified atom stereocenters. The van der Waals surface area contributed by atoms with E-state index in [1.54, 1.807) is 0 Å². The van der Waals surface area contributed by atoms with E-state index in [2.05, 4.69) is 15.2 Å². The number of aromatic nitrogens is 2. The highest BCUT2D eigenvalue weighted by Crippen LogP contribution is 2.30. The molecule has 0 saturated carbocycles. The van der Waals surface area contributed by atoms with Crippen LogP contribution in [0.15, 0.2) is 6.20 Å². The first kappa shape index (κ1) is 17.5. The number of nitrogens with zero attached hydrogens (tertiary/aromatic N) is 3. The lowest BCUT2D eigenvalue weighted by molar-refractivity contribution is -0.386. The summed E-state index contributed by atoms with van der Waals surface area (Å²) in [5, 5.41) is 17.7. The molecule has 0 aliphatic carbocycles. The second-order valence-corrected chi connectivity index (χ2v) is 4.34. The number of halogens is 4. The van der Waals surface area contributed by atoms with E-state index in [1.807, 2.05) is 0 Å². The van der Waals surface area contributed by atoms with Crippen LogP contribution in [0.25, 0.3) is 0 Å². The first-order valence-electron chi connectivity index (χ1n) is 6.02. The van der Waals surface area contributed by atoms with Gasteiger partial charge in [-0.25, -0.2) is 8.78 Å². The summed E-state index contributed by atoms with van der Waals surface area (Å²) in [6.07, 6.45) is -3.87.